The molecule has 0 saturated heterocycles. The quantitative estimate of drug-likeness (QED) is 0.671. The van der Waals surface area contributed by atoms with E-state index < -0.39 is 0 Å². The number of rotatable bonds is 4. The normalized spacial score (nSPS) is 15.9. The average Bonchev–Trinajstić information content (AvgIpc) is 3.35. The average molecular weight is 419 g/mol. The Morgan fingerprint density at radius 3 is 2.77 bits per heavy atom. The number of benzene rings is 1. The zero-order chi connectivity index (χ0) is 22.0. The number of hydrogen-bond acceptors (Lipinski definition) is 6. The topological polar surface area (TPSA) is 93.4 Å². The minimum absolute atomic E-state index is 0.0109. The zero-order valence-electron chi connectivity index (χ0n) is 18.1. The highest BCUT2D eigenvalue weighted by molar-refractivity contribution is 6.07. The number of ether oxygens (including phenoxy) is 1. The van der Waals surface area contributed by atoms with Crippen LogP contribution in [0.3, 0.4) is 0 Å². The summed E-state index contributed by atoms with van der Waals surface area (Å²) in [6.45, 7) is 7.00. The predicted octanol–water partition coefficient (Wildman–Crippen LogP) is 3.88. The van der Waals surface area contributed by atoms with E-state index in [-0.39, 0.29) is 17.5 Å². The number of carbonyl (C=O) groups excluding carboxylic acids is 1. The fraction of sp³-hybridized carbons (Fsp3) is 0.304. The van der Waals surface area contributed by atoms with Crippen LogP contribution in [0.4, 0.5) is 4.79 Å². The van der Waals surface area contributed by atoms with Crippen LogP contribution in [0.2, 0.25) is 0 Å². The summed E-state index contributed by atoms with van der Waals surface area (Å²) in [6, 6.07) is 9.01. The van der Waals surface area contributed by atoms with Crippen LogP contribution >= 0.6 is 0 Å². The lowest BCUT2D eigenvalue weighted by atomic mass is 9.88. The van der Waals surface area contributed by atoms with Crippen molar-refractivity contribution in [2.75, 3.05) is 7.05 Å². The molecule has 0 radical (unpaired) electrons. The number of amides is 1. The van der Waals surface area contributed by atoms with E-state index in [2.05, 4.69) is 46.4 Å². The Morgan fingerprint density at radius 2 is 2.03 bits per heavy atom. The first-order valence-corrected chi connectivity index (χ1v) is 10.2. The van der Waals surface area contributed by atoms with Crippen LogP contribution in [0.5, 0.6) is 11.6 Å². The molecule has 1 amide bonds. The summed E-state index contributed by atoms with van der Waals surface area (Å²) in [7, 11) is 1.86. The van der Waals surface area contributed by atoms with E-state index in [9.17, 15) is 4.79 Å². The van der Waals surface area contributed by atoms with Crippen molar-refractivity contribution in [1.29, 1.82) is 0 Å². The van der Waals surface area contributed by atoms with Gasteiger partial charge < -0.3 is 10.1 Å². The number of nitrogens with one attached hydrogen (secondary N) is 2. The monoisotopic (exact) mass is 418 g/mol. The number of aromatic nitrogens is 3. The van der Waals surface area contributed by atoms with Gasteiger partial charge in [-0.1, -0.05) is 26.8 Å². The zero-order valence-corrected chi connectivity index (χ0v) is 18.1. The molecule has 0 bridgehead atoms. The van der Waals surface area contributed by atoms with Crippen LogP contribution in [0.1, 0.15) is 26.5 Å². The highest BCUT2D eigenvalue weighted by atomic mass is 16.5. The van der Waals surface area contributed by atoms with Gasteiger partial charge in [-0.2, -0.15) is 0 Å². The van der Waals surface area contributed by atoms with Crippen molar-refractivity contribution in [2.24, 2.45) is 10.4 Å². The van der Waals surface area contributed by atoms with Crippen LogP contribution < -0.4 is 15.4 Å². The van der Waals surface area contributed by atoms with E-state index in [1.54, 1.807) is 16.8 Å². The molecule has 1 aliphatic rings. The third-order valence-corrected chi connectivity index (χ3v) is 5.00. The lowest BCUT2D eigenvalue weighted by molar-refractivity contribution is 0.247. The second kappa shape index (κ2) is 8.31. The van der Waals surface area contributed by atoms with Gasteiger partial charge >= 0.3 is 6.03 Å². The largest absolute Gasteiger partial charge is 0.439 e. The summed E-state index contributed by atoms with van der Waals surface area (Å²) in [5.41, 5.74) is 1.63. The maximum absolute atomic E-state index is 12.8. The molecule has 8 nitrogen and oxygen atoms in total. The SMILES string of the molecule is CNCc1cc(Oc2ccc3c(ccn3C(=O)NC3=NC(C(C)(C)C)C=C3)c2)ncn1. The van der Waals surface area contributed by atoms with Gasteiger partial charge in [-0.25, -0.2) is 14.8 Å². The van der Waals surface area contributed by atoms with Crippen molar-refractivity contribution in [3.63, 3.8) is 0 Å². The van der Waals surface area contributed by atoms with Gasteiger partial charge in [0.05, 0.1) is 17.3 Å². The summed E-state index contributed by atoms with van der Waals surface area (Å²) in [5, 5.41) is 6.81. The first kappa shape index (κ1) is 20.7. The molecule has 31 heavy (non-hydrogen) atoms. The van der Waals surface area contributed by atoms with Crippen molar-refractivity contribution in [3.8, 4) is 11.6 Å². The summed E-state index contributed by atoms with van der Waals surface area (Å²) in [6.07, 6.45) is 7.09. The van der Waals surface area contributed by atoms with Gasteiger partial charge in [0, 0.05) is 24.2 Å². The van der Waals surface area contributed by atoms with Crippen molar-refractivity contribution >= 4 is 22.8 Å². The van der Waals surface area contributed by atoms with Crippen molar-refractivity contribution < 1.29 is 9.53 Å². The number of fused-ring (bicyclic) bond motifs is 1. The molecular weight excluding hydrogens is 392 g/mol. The molecule has 3 aromatic rings. The molecule has 1 aromatic carbocycles. The van der Waals surface area contributed by atoms with Gasteiger partial charge in [0.1, 0.15) is 17.9 Å². The summed E-state index contributed by atoms with van der Waals surface area (Å²) in [5.74, 6) is 1.68. The Bertz CT molecular complexity index is 1170. The van der Waals surface area contributed by atoms with Gasteiger partial charge in [0.15, 0.2) is 0 Å². The molecule has 3 heterocycles. The van der Waals surface area contributed by atoms with E-state index in [0.717, 1.165) is 16.6 Å². The molecule has 0 fully saturated rings. The second-order valence-electron chi connectivity index (χ2n) is 8.50. The van der Waals surface area contributed by atoms with Crippen molar-refractivity contribution in [2.45, 2.75) is 33.4 Å². The molecule has 1 unspecified atom stereocenters. The van der Waals surface area contributed by atoms with E-state index >= 15 is 0 Å². The van der Waals surface area contributed by atoms with Crippen molar-refractivity contribution in [1.82, 2.24) is 25.2 Å². The minimum atomic E-state index is -0.255. The molecule has 1 atom stereocenters. The highest BCUT2D eigenvalue weighted by Gasteiger charge is 2.25. The Morgan fingerprint density at radius 1 is 1.19 bits per heavy atom. The molecule has 0 aliphatic carbocycles. The van der Waals surface area contributed by atoms with Gasteiger partial charge in [-0.3, -0.25) is 14.9 Å². The van der Waals surface area contributed by atoms with Gasteiger partial charge in [-0.05, 0) is 42.8 Å². The highest BCUT2D eigenvalue weighted by Crippen LogP contribution is 2.27. The molecule has 1 aliphatic heterocycles. The molecule has 2 aromatic heterocycles. The summed E-state index contributed by atoms with van der Waals surface area (Å²) >= 11 is 0. The van der Waals surface area contributed by atoms with E-state index in [0.29, 0.717) is 24.0 Å². The molecule has 0 spiro atoms. The minimum Gasteiger partial charge on any atom is -0.439 e. The number of carbonyl (C=O) groups is 1. The Balaban J connectivity index is 1.49. The van der Waals surface area contributed by atoms with Crippen LogP contribution in [0.15, 0.2) is 60.0 Å². The first-order chi connectivity index (χ1) is 14.8. The predicted molar refractivity (Wildman–Crippen MR) is 121 cm³/mol. The van der Waals surface area contributed by atoms with Gasteiger partial charge in [0.25, 0.3) is 0 Å². The molecule has 0 saturated carbocycles. The number of amidine groups is 1. The molecule has 160 valence electrons. The number of aliphatic imine (C=N–C) groups is 1. The second-order valence-corrected chi connectivity index (χ2v) is 8.50. The van der Waals surface area contributed by atoms with Gasteiger partial charge in [0.2, 0.25) is 5.88 Å². The van der Waals surface area contributed by atoms with Crippen LogP contribution in [0.25, 0.3) is 10.9 Å². The van der Waals surface area contributed by atoms with Crippen LogP contribution in [-0.2, 0) is 6.54 Å². The molecule has 8 heteroatoms. The Labute approximate surface area is 181 Å². The third-order valence-electron chi connectivity index (χ3n) is 5.00. The maximum Gasteiger partial charge on any atom is 0.331 e. The summed E-state index contributed by atoms with van der Waals surface area (Å²) in [4.78, 5) is 25.7. The van der Waals surface area contributed by atoms with Crippen molar-refractivity contribution in [3.05, 3.63) is 60.7 Å². The molecule has 4 rings (SSSR count). The number of hydrogen-bond donors (Lipinski definition) is 2. The maximum atomic E-state index is 12.8. The van der Waals surface area contributed by atoms with Crippen LogP contribution in [0, 0.1) is 5.41 Å². The smallest absolute Gasteiger partial charge is 0.331 e. The number of nitrogens with zero attached hydrogens (tertiary/aromatic N) is 4. The Kier molecular flexibility index (Phi) is 5.56. The van der Waals surface area contributed by atoms with Crippen LogP contribution in [-0.4, -0.2) is 39.5 Å². The standard InChI is InChI=1S/C23H26N6O2/c1-23(2,3)19-7-8-20(27-19)28-22(30)29-10-9-15-11-17(5-6-18(15)29)31-21-12-16(13-24-4)25-14-26-21/h5-12,14,19,24H,13H2,1-4H3,(H,27,28,30). The van der Waals surface area contributed by atoms with Gasteiger partial charge in [-0.15, -0.1) is 0 Å². The fourth-order valence-corrected chi connectivity index (χ4v) is 3.34. The fourth-order valence-electron chi connectivity index (χ4n) is 3.34. The van der Waals surface area contributed by atoms with E-state index in [1.807, 2.05) is 43.5 Å². The summed E-state index contributed by atoms with van der Waals surface area (Å²) < 4.78 is 7.44. The lowest BCUT2D eigenvalue weighted by Crippen LogP contribution is -2.32. The first-order valence-electron chi connectivity index (χ1n) is 10.2. The molecule has 2 N–H and O–H groups in total. The third kappa shape index (κ3) is 4.64. The van der Waals surface area contributed by atoms with E-state index in [1.165, 1.54) is 6.33 Å². The lowest BCUT2D eigenvalue weighted by Gasteiger charge is -2.22. The Hall–Kier alpha value is -3.52. The molecular formula is C23H26N6O2. The van der Waals surface area contributed by atoms with E-state index in [4.69, 9.17) is 4.74 Å².